The zero-order valence-corrected chi connectivity index (χ0v) is 13.4. The summed E-state index contributed by atoms with van der Waals surface area (Å²) >= 11 is 0. The topological polar surface area (TPSA) is 117 Å². The van der Waals surface area contributed by atoms with Crippen molar-refractivity contribution >= 4 is 17.0 Å². The van der Waals surface area contributed by atoms with Gasteiger partial charge in [-0.15, -0.1) is 6.58 Å². The maximum Gasteiger partial charge on any atom is 0.167 e. The number of aliphatic hydroxyl groups excluding tert-OH is 3. The third-order valence-electron chi connectivity index (χ3n) is 4.16. The van der Waals surface area contributed by atoms with Crippen LogP contribution in [0.3, 0.4) is 0 Å². The van der Waals surface area contributed by atoms with Crippen molar-refractivity contribution in [3.63, 3.8) is 0 Å². The molecule has 0 radical (unpaired) electrons. The number of ether oxygens (including phenoxy) is 1. The van der Waals surface area contributed by atoms with Crippen molar-refractivity contribution < 1.29 is 20.1 Å². The molecule has 0 spiro atoms. The lowest BCUT2D eigenvalue weighted by Gasteiger charge is -2.20. The smallest absolute Gasteiger partial charge is 0.167 e. The van der Waals surface area contributed by atoms with Gasteiger partial charge in [0.2, 0.25) is 0 Å². The largest absolute Gasteiger partial charge is 0.394 e. The predicted octanol–water partition coefficient (Wildman–Crippen LogP) is -0.550. The molecule has 9 heteroatoms. The van der Waals surface area contributed by atoms with Crippen molar-refractivity contribution in [2.24, 2.45) is 0 Å². The van der Waals surface area contributed by atoms with Crippen LogP contribution in [0.2, 0.25) is 0 Å². The average molecular weight is 335 g/mol. The highest BCUT2D eigenvalue weighted by atomic mass is 16.6. The molecule has 0 bridgehead atoms. The summed E-state index contributed by atoms with van der Waals surface area (Å²) in [5.74, 6) is 0.660. The summed E-state index contributed by atoms with van der Waals surface area (Å²) in [4.78, 5) is 14.9. The second-order valence-corrected chi connectivity index (χ2v) is 5.58. The van der Waals surface area contributed by atoms with Gasteiger partial charge in [0.25, 0.3) is 0 Å². The van der Waals surface area contributed by atoms with E-state index in [4.69, 9.17) is 4.74 Å². The van der Waals surface area contributed by atoms with E-state index in [1.807, 2.05) is 11.8 Å². The maximum absolute atomic E-state index is 10.2. The van der Waals surface area contributed by atoms with Crippen molar-refractivity contribution in [3.8, 4) is 0 Å². The van der Waals surface area contributed by atoms with E-state index in [0.717, 1.165) is 6.54 Å². The fourth-order valence-electron chi connectivity index (χ4n) is 2.89. The van der Waals surface area contributed by atoms with Crippen LogP contribution in [-0.4, -0.2) is 72.8 Å². The standard InChI is InChI=1S/C15H21N5O4/c1-3-5-19(4-2)13-10-14(17-7-16-13)20(8-18-10)15-12(23)11(22)9(6-21)24-15/h3,7-9,11-12,15,21-23H,1,4-6H2,2H3/t9-,11-,12-,15-/m1/s1. The summed E-state index contributed by atoms with van der Waals surface area (Å²) in [7, 11) is 0. The van der Waals surface area contributed by atoms with Gasteiger partial charge in [0, 0.05) is 13.1 Å². The maximum atomic E-state index is 10.2. The summed E-state index contributed by atoms with van der Waals surface area (Å²) in [6.45, 7) is 6.69. The molecule has 2 aromatic heterocycles. The number of aromatic nitrogens is 4. The Hall–Kier alpha value is -2.07. The molecule has 1 fully saturated rings. The van der Waals surface area contributed by atoms with Crippen molar-refractivity contribution in [3.05, 3.63) is 25.3 Å². The summed E-state index contributed by atoms with van der Waals surface area (Å²) in [5, 5.41) is 29.4. The van der Waals surface area contributed by atoms with Gasteiger partial charge in [-0.3, -0.25) is 4.57 Å². The molecular formula is C15H21N5O4. The third kappa shape index (κ3) is 2.65. The van der Waals surface area contributed by atoms with Crippen LogP contribution in [0.1, 0.15) is 13.2 Å². The van der Waals surface area contributed by atoms with Crippen LogP contribution in [0, 0.1) is 0 Å². The van der Waals surface area contributed by atoms with Crippen LogP contribution in [0.4, 0.5) is 5.82 Å². The Bertz CT molecular complexity index is 721. The van der Waals surface area contributed by atoms with E-state index >= 15 is 0 Å². The second-order valence-electron chi connectivity index (χ2n) is 5.58. The Morgan fingerprint density at radius 2 is 2.12 bits per heavy atom. The first-order valence-electron chi connectivity index (χ1n) is 7.78. The highest BCUT2D eigenvalue weighted by molar-refractivity contribution is 5.83. The highest BCUT2D eigenvalue weighted by Crippen LogP contribution is 2.32. The van der Waals surface area contributed by atoms with Crippen molar-refractivity contribution in [2.45, 2.75) is 31.5 Å². The van der Waals surface area contributed by atoms with Crippen LogP contribution >= 0.6 is 0 Å². The zero-order valence-electron chi connectivity index (χ0n) is 13.4. The molecule has 0 aromatic carbocycles. The van der Waals surface area contributed by atoms with E-state index in [1.165, 1.54) is 12.7 Å². The average Bonchev–Trinajstić information content (AvgIpc) is 3.14. The fourth-order valence-corrected chi connectivity index (χ4v) is 2.89. The van der Waals surface area contributed by atoms with E-state index < -0.39 is 24.5 Å². The van der Waals surface area contributed by atoms with Crippen LogP contribution in [0.15, 0.2) is 25.3 Å². The van der Waals surface area contributed by atoms with Gasteiger partial charge < -0.3 is 25.0 Å². The summed E-state index contributed by atoms with van der Waals surface area (Å²) in [6, 6.07) is 0. The van der Waals surface area contributed by atoms with E-state index in [9.17, 15) is 15.3 Å². The van der Waals surface area contributed by atoms with Gasteiger partial charge in [0.1, 0.15) is 24.6 Å². The van der Waals surface area contributed by atoms with Gasteiger partial charge in [-0.1, -0.05) is 6.08 Å². The first-order chi connectivity index (χ1) is 11.6. The minimum atomic E-state index is -1.19. The number of anilines is 1. The van der Waals surface area contributed by atoms with Gasteiger partial charge in [0.15, 0.2) is 23.2 Å². The molecule has 0 aliphatic carbocycles. The van der Waals surface area contributed by atoms with Gasteiger partial charge in [-0.05, 0) is 6.92 Å². The molecule has 1 saturated heterocycles. The monoisotopic (exact) mass is 335 g/mol. The number of nitrogens with zero attached hydrogens (tertiary/aromatic N) is 5. The summed E-state index contributed by atoms with van der Waals surface area (Å²) in [6.07, 6.45) is 0.602. The molecule has 1 aliphatic heterocycles. The molecule has 2 aromatic rings. The Morgan fingerprint density at radius 3 is 2.75 bits per heavy atom. The predicted molar refractivity (Wildman–Crippen MR) is 86.4 cm³/mol. The number of rotatable bonds is 6. The molecule has 3 N–H and O–H groups in total. The number of fused-ring (bicyclic) bond motifs is 1. The Labute approximate surface area is 138 Å². The minimum absolute atomic E-state index is 0.384. The molecule has 0 unspecified atom stereocenters. The Balaban J connectivity index is 2.01. The van der Waals surface area contributed by atoms with Crippen LogP contribution in [0.5, 0.6) is 0 Å². The molecule has 130 valence electrons. The van der Waals surface area contributed by atoms with E-state index in [1.54, 1.807) is 10.6 Å². The molecule has 3 rings (SSSR count). The number of imidazole rings is 1. The molecule has 9 nitrogen and oxygen atoms in total. The van der Waals surface area contributed by atoms with Crippen LogP contribution in [-0.2, 0) is 4.74 Å². The lowest BCUT2D eigenvalue weighted by atomic mass is 10.1. The van der Waals surface area contributed by atoms with Crippen molar-refractivity contribution in [2.75, 3.05) is 24.6 Å². The fraction of sp³-hybridized carbons (Fsp3) is 0.533. The molecule has 0 amide bonds. The van der Waals surface area contributed by atoms with Crippen molar-refractivity contribution in [1.29, 1.82) is 0 Å². The lowest BCUT2D eigenvalue weighted by Crippen LogP contribution is -2.33. The number of hydrogen-bond acceptors (Lipinski definition) is 8. The Kier molecular flexibility index (Phi) is 4.76. The van der Waals surface area contributed by atoms with Gasteiger partial charge in [-0.25, -0.2) is 15.0 Å². The third-order valence-corrected chi connectivity index (χ3v) is 4.16. The van der Waals surface area contributed by atoms with Gasteiger partial charge >= 0.3 is 0 Å². The van der Waals surface area contributed by atoms with E-state index in [2.05, 4.69) is 21.5 Å². The number of hydrogen-bond donors (Lipinski definition) is 3. The van der Waals surface area contributed by atoms with Crippen LogP contribution < -0.4 is 4.90 Å². The van der Waals surface area contributed by atoms with Gasteiger partial charge in [-0.2, -0.15) is 0 Å². The second kappa shape index (κ2) is 6.81. The first-order valence-corrected chi connectivity index (χ1v) is 7.78. The minimum Gasteiger partial charge on any atom is -0.394 e. The summed E-state index contributed by atoms with van der Waals surface area (Å²) < 4.78 is 7.09. The molecule has 24 heavy (non-hydrogen) atoms. The Morgan fingerprint density at radius 1 is 1.33 bits per heavy atom. The quantitative estimate of drug-likeness (QED) is 0.602. The first kappa shape index (κ1) is 16.8. The molecule has 3 heterocycles. The van der Waals surface area contributed by atoms with Gasteiger partial charge in [0.05, 0.1) is 12.9 Å². The SMILES string of the molecule is C=CCN(CC)c1ncnc2c1ncn2[C@@H]1O[C@H](CO)[C@@H](O)[C@H]1O. The molecular weight excluding hydrogens is 314 g/mol. The van der Waals surface area contributed by atoms with E-state index in [-0.39, 0.29) is 6.61 Å². The lowest BCUT2D eigenvalue weighted by molar-refractivity contribution is -0.0511. The highest BCUT2D eigenvalue weighted by Gasteiger charge is 2.44. The zero-order chi connectivity index (χ0) is 17.3. The summed E-state index contributed by atoms with van der Waals surface area (Å²) in [5.41, 5.74) is 1.05. The number of likely N-dealkylation sites (N-methyl/N-ethyl adjacent to an activating group) is 1. The number of aliphatic hydroxyl groups is 3. The van der Waals surface area contributed by atoms with Crippen LogP contribution in [0.25, 0.3) is 11.2 Å². The van der Waals surface area contributed by atoms with E-state index in [0.29, 0.717) is 23.5 Å². The molecule has 1 aliphatic rings. The normalized spacial score (nSPS) is 26.8. The molecule has 0 saturated carbocycles. The van der Waals surface area contributed by atoms with Crippen molar-refractivity contribution in [1.82, 2.24) is 19.5 Å². The molecule has 4 atom stereocenters.